The van der Waals surface area contributed by atoms with Gasteiger partial charge in [-0.05, 0) is 53.9 Å². The van der Waals surface area contributed by atoms with Gasteiger partial charge in [-0.1, -0.05) is 30.1 Å². The Morgan fingerprint density at radius 2 is 1.40 bits per heavy atom. The van der Waals surface area contributed by atoms with Crippen LogP contribution in [0.1, 0.15) is 18.1 Å². The lowest BCUT2D eigenvalue weighted by molar-refractivity contribution is -0.191. The van der Waals surface area contributed by atoms with E-state index in [0.717, 1.165) is 12.0 Å². The maximum Gasteiger partial charge on any atom is 0.373 e. The Morgan fingerprint density at radius 3 is 1.80 bits per heavy atom. The summed E-state index contributed by atoms with van der Waals surface area (Å²) >= 11 is 11.1. The highest BCUT2D eigenvalue weighted by Gasteiger charge is 1.98. The van der Waals surface area contributed by atoms with Crippen molar-refractivity contribution >= 4 is 35.8 Å². The lowest BCUT2D eigenvalue weighted by Gasteiger charge is -1.99. The van der Waals surface area contributed by atoms with Gasteiger partial charge in [0, 0.05) is 10.0 Å². The van der Waals surface area contributed by atoms with Gasteiger partial charge >= 0.3 is 6.15 Å². The smallest absolute Gasteiger partial charge is 0.373 e. The summed E-state index contributed by atoms with van der Waals surface area (Å²) < 4.78 is 29.6. The highest BCUT2D eigenvalue weighted by molar-refractivity contribution is 6.30. The fourth-order valence-corrected chi connectivity index (χ4v) is 2.13. The number of benzene rings is 2. The second-order valence-corrected chi connectivity index (χ2v) is 5.27. The Kier molecular flexibility index (Phi) is 11.9. The zero-order valence-corrected chi connectivity index (χ0v) is 14.6. The van der Waals surface area contributed by atoms with Crippen LogP contribution in [0.15, 0.2) is 36.4 Å². The second kappa shape index (κ2) is 13.1. The van der Waals surface area contributed by atoms with Crippen LogP contribution in [-0.2, 0) is 32.1 Å². The van der Waals surface area contributed by atoms with E-state index >= 15 is 0 Å². The SMILES string of the molecule is CCc1cc(F)cc(Cl)c1.O=C=O.O=COCc1cc(F)cc(Cl)c1. The predicted octanol–water partition coefficient (Wildman–Crippen LogP) is 4.61. The van der Waals surface area contributed by atoms with Crippen LogP contribution >= 0.6 is 23.2 Å². The molecule has 0 N–H and O–H groups in total. The Bertz CT molecular complexity index is 677. The first-order valence-corrected chi connectivity index (χ1v) is 7.56. The van der Waals surface area contributed by atoms with Gasteiger partial charge in [-0.15, -0.1) is 0 Å². The molecule has 0 spiro atoms. The van der Waals surface area contributed by atoms with Gasteiger partial charge in [0.05, 0.1) is 0 Å². The van der Waals surface area contributed by atoms with Gasteiger partial charge in [0.25, 0.3) is 6.47 Å². The van der Waals surface area contributed by atoms with Crippen LogP contribution < -0.4 is 0 Å². The zero-order valence-electron chi connectivity index (χ0n) is 13.1. The van der Waals surface area contributed by atoms with E-state index in [0.29, 0.717) is 22.1 Å². The fraction of sp³-hybridized carbons (Fsp3) is 0.176. The summed E-state index contributed by atoms with van der Waals surface area (Å²) in [6.45, 7) is 2.31. The quantitative estimate of drug-likeness (QED) is 0.715. The lowest BCUT2D eigenvalue weighted by Crippen LogP contribution is -1.90. The lowest BCUT2D eigenvalue weighted by atomic mass is 10.2. The average Bonchev–Trinajstić information content (AvgIpc) is 2.52. The first-order chi connectivity index (χ1) is 11.9. The Labute approximate surface area is 153 Å². The van der Waals surface area contributed by atoms with Crippen LogP contribution in [0, 0.1) is 11.6 Å². The van der Waals surface area contributed by atoms with Crippen LogP contribution in [0.4, 0.5) is 8.78 Å². The van der Waals surface area contributed by atoms with Crippen LogP contribution in [-0.4, -0.2) is 12.6 Å². The fourth-order valence-electron chi connectivity index (χ4n) is 1.64. The van der Waals surface area contributed by atoms with Gasteiger partial charge in [-0.25, -0.2) is 8.78 Å². The highest BCUT2D eigenvalue weighted by atomic mass is 35.5. The number of carbonyl (C=O) groups is 1. The van der Waals surface area contributed by atoms with Gasteiger partial charge in [-0.3, -0.25) is 4.79 Å². The van der Waals surface area contributed by atoms with Crippen molar-refractivity contribution in [3.05, 3.63) is 69.2 Å². The van der Waals surface area contributed by atoms with Gasteiger partial charge in [0.15, 0.2) is 0 Å². The molecule has 2 rings (SSSR count). The molecule has 2 aromatic rings. The molecule has 0 saturated carbocycles. The van der Waals surface area contributed by atoms with Crippen molar-refractivity contribution in [2.75, 3.05) is 0 Å². The van der Waals surface area contributed by atoms with Crippen molar-refractivity contribution in [2.45, 2.75) is 20.0 Å². The summed E-state index contributed by atoms with van der Waals surface area (Å²) in [6, 6.07) is 8.55. The first-order valence-electron chi connectivity index (χ1n) is 6.80. The van der Waals surface area contributed by atoms with Crippen molar-refractivity contribution in [3.8, 4) is 0 Å². The molecule has 4 nitrogen and oxygen atoms in total. The molecule has 8 heteroatoms. The molecule has 0 unspecified atom stereocenters. The van der Waals surface area contributed by atoms with E-state index in [9.17, 15) is 13.6 Å². The van der Waals surface area contributed by atoms with E-state index in [-0.39, 0.29) is 18.6 Å². The molecule has 0 bridgehead atoms. The van der Waals surface area contributed by atoms with Crippen LogP contribution in [0.25, 0.3) is 0 Å². The minimum Gasteiger partial charge on any atom is -0.463 e. The number of hydrogen-bond acceptors (Lipinski definition) is 4. The van der Waals surface area contributed by atoms with E-state index in [1.165, 1.54) is 30.3 Å². The zero-order chi connectivity index (χ0) is 19.2. The number of carbonyl (C=O) groups excluding carboxylic acids is 3. The van der Waals surface area contributed by atoms with Gasteiger partial charge in [0.2, 0.25) is 0 Å². The molecule has 0 aliphatic heterocycles. The molecule has 134 valence electrons. The molecule has 0 amide bonds. The molecule has 0 atom stereocenters. The van der Waals surface area contributed by atoms with Gasteiger partial charge in [-0.2, -0.15) is 9.59 Å². The van der Waals surface area contributed by atoms with E-state index in [4.69, 9.17) is 32.8 Å². The predicted molar refractivity (Wildman–Crippen MR) is 88.1 cm³/mol. The summed E-state index contributed by atoms with van der Waals surface area (Å²) in [5.41, 5.74) is 1.47. The maximum atomic E-state index is 12.6. The third-order valence-electron chi connectivity index (χ3n) is 2.57. The van der Waals surface area contributed by atoms with Crippen molar-refractivity contribution < 1.29 is 27.9 Å². The Balaban J connectivity index is 0.000000403. The van der Waals surface area contributed by atoms with E-state index in [1.54, 1.807) is 6.07 Å². The van der Waals surface area contributed by atoms with Crippen molar-refractivity contribution in [1.29, 1.82) is 0 Å². The summed E-state index contributed by atoms with van der Waals surface area (Å²) in [7, 11) is 0. The number of halogens is 4. The minimum absolute atomic E-state index is 0.0426. The summed E-state index contributed by atoms with van der Waals surface area (Å²) in [5, 5.41) is 0.761. The average molecular weight is 391 g/mol. The number of aryl methyl sites for hydroxylation is 1. The summed E-state index contributed by atoms with van der Waals surface area (Å²) in [4.78, 5) is 26.0. The van der Waals surface area contributed by atoms with Crippen molar-refractivity contribution in [2.24, 2.45) is 0 Å². The largest absolute Gasteiger partial charge is 0.463 e. The third kappa shape index (κ3) is 11.0. The molecule has 0 heterocycles. The van der Waals surface area contributed by atoms with Crippen LogP contribution in [0.5, 0.6) is 0 Å². The number of hydrogen-bond donors (Lipinski definition) is 0. The highest BCUT2D eigenvalue weighted by Crippen LogP contribution is 2.15. The number of ether oxygens (including phenoxy) is 1. The molecule has 25 heavy (non-hydrogen) atoms. The van der Waals surface area contributed by atoms with Gasteiger partial charge < -0.3 is 4.74 Å². The monoisotopic (exact) mass is 390 g/mol. The molecule has 0 aliphatic carbocycles. The van der Waals surface area contributed by atoms with E-state index in [1.807, 2.05) is 6.92 Å². The van der Waals surface area contributed by atoms with Crippen molar-refractivity contribution in [3.63, 3.8) is 0 Å². The summed E-state index contributed by atoms with van der Waals surface area (Å²) in [6.07, 6.45) is 1.07. The van der Waals surface area contributed by atoms with Gasteiger partial charge in [0.1, 0.15) is 18.2 Å². The normalized spacial score (nSPS) is 8.84. The molecule has 0 aliphatic rings. The standard InChI is InChI=1S/C8H6ClFO2.C8H8ClF.CO2/c9-7-1-6(4-12-5-11)2-8(10)3-7;1-2-6-3-7(9)5-8(10)4-6;2-1-3/h1-3,5H,4H2;3-5H,2H2,1H3;. The van der Waals surface area contributed by atoms with E-state index < -0.39 is 5.82 Å². The third-order valence-corrected chi connectivity index (χ3v) is 3.01. The Morgan fingerprint density at radius 1 is 0.960 bits per heavy atom. The first kappa shape index (κ1) is 22.7. The second-order valence-electron chi connectivity index (χ2n) is 4.40. The molecule has 2 aromatic carbocycles. The van der Waals surface area contributed by atoms with E-state index in [2.05, 4.69) is 4.74 Å². The number of rotatable bonds is 4. The van der Waals surface area contributed by atoms with Crippen LogP contribution in [0.2, 0.25) is 10.0 Å². The van der Waals surface area contributed by atoms with Crippen molar-refractivity contribution in [1.82, 2.24) is 0 Å². The minimum atomic E-state index is -0.438. The molecule has 0 aromatic heterocycles. The topological polar surface area (TPSA) is 60.4 Å². The molecule has 0 fully saturated rings. The molecular weight excluding hydrogens is 377 g/mol. The molecule has 0 radical (unpaired) electrons. The maximum absolute atomic E-state index is 12.6. The molecular formula is C17H14Cl2F2O4. The van der Waals surface area contributed by atoms with Crippen LogP contribution in [0.3, 0.4) is 0 Å². The molecule has 0 saturated heterocycles. The Hall–Kier alpha value is -2.27. The summed E-state index contributed by atoms with van der Waals surface area (Å²) in [5.74, 6) is -0.698.